The lowest BCUT2D eigenvalue weighted by Gasteiger charge is -2.07. The number of hydrogen-bond acceptors (Lipinski definition) is 2. The van der Waals surface area contributed by atoms with Gasteiger partial charge in [0.05, 0.1) is 0 Å². The third kappa shape index (κ3) is 1.83. The first-order chi connectivity index (χ1) is 6.04. The van der Waals surface area contributed by atoms with E-state index in [0.29, 0.717) is 5.56 Å². The highest BCUT2D eigenvalue weighted by Crippen LogP contribution is 2.18. The Balaban J connectivity index is 3.26. The standard InChI is InChI=1S/C9H11FN2O/c1-5(2)6-3-4-12-8(7(6)10)9(11)13/h3-5H,1-2H3,(H2,11,13). The Morgan fingerprint density at radius 2 is 2.23 bits per heavy atom. The molecule has 0 bridgehead atoms. The fourth-order valence-corrected chi connectivity index (χ4v) is 1.08. The van der Waals surface area contributed by atoms with Crippen molar-refractivity contribution in [3.8, 4) is 0 Å². The number of halogens is 1. The van der Waals surface area contributed by atoms with Crippen LogP contribution in [0.25, 0.3) is 0 Å². The second-order valence-electron chi connectivity index (χ2n) is 3.08. The summed E-state index contributed by atoms with van der Waals surface area (Å²) in [5, 5.41) is 0. The van der Waals surface area contributed by atoms with Crippen LogP contribution >= 0.6 is 0 Å². The maximum Gasteiger partial charge on any atom is 0.270 e. The van der Waals surface area contributed by atoms with Gasteiger partial charge in [-0.05, 0) is 17.5 Å². The van der Waals surface area contributed by atoms with E-state index in [1.165, 1.54) is 6.20 Å². The third-order valence-electron chi connectivity index (χ3n) is 1.77. The van der Waals surface area contributed by atoms with Crippen LogP contribution in [0.4, 0.5) is 4.39 Å². The molecule has 0 aliphatic rings. The number of carbonyl (C=O) groups is 1. The van der Waals surface area contributed by atoms with Crippen LogP contribution in [0.2, 0.25) is 0 Å². The molecule has 0 aliphatic heterocycles. The van der Waals surface area contributed by atoms with Gasteiger partial charge in [0, 0.05) is 6.20 Å². The number of amides is 1. The lowest BCUT2D eigenvalue weighted by molar-refractivity contribution is 0.0991. The van der Waals surface area contributed by atoms with E-state index < -0.39 is 11.7 Å². The number of nitrogens with two attached hydrogens (primary N) is 1. The maximum atomic E-state index is 13.4. The summed E-state index contributed by atoms with van der Waals surface area (Å²) in [6.07, 6.45) is 1.39. The van der Waals surface area contributed by atoms with Crippen molar-refractivity contribution in [1.29, 1.82) is 0 Å². The number of aromatic nitrogens is 1. The largest absolute Gasteiger partial charge is 0.364 e. The van der Waals surface area contributed by atoms with Gasteiger partial charge >= 0.3 is 0 Å². The Morgan fingerprint density at radius 1 is 1.62 bits per heavy atom. The Morgan fingerprint density at radius 3 is 2.69 bits per heavy atom. The van der Waals surface area contributed by atoms with Crippen LogP contribution in [0.15, 0.2) is 12.3 Å². The predicted molar refractivity (Wildman–Crippen MR) is 46.8 cm³/mol. The van der Waals surface area contributed by atoms with Crippen LogP contribution in [0.3, 0.4) is 0 Å². The van der Waals surface area contributed by atoms with Crippen LogP contribution in [0, 0.1) is 5.82 Å². The van der Waals surface area contributed by atoms with E-state index in [0.717, 1.165) is 0 Å². The van der Waals surface area contributed by atoms with Crippen molar-refractivity contribution in [2.75, 3.05) is 0 Å². The molecule has 13 heavy (non-hydrogen) atoms. The fraction of sp³-hybridized carbons (Fsp3) is 0.333. The van der Waals surface area contributed by atoms with E-state index >= 15 is 0 Å². The first kappa shape index (κ1) is 9.64. The zero-order valence-corrected chi connectivity index (χ0v) is 7.54. The van der Waals surface area contributed by atoms with Crippen LogP contribution in [-0.4, -0.2) is 10.9 Å². The Kier molecular flexibility index (Phi) is 2.60. The molecule has 1 heterocycles. The number of rotatable bonds is 2. The minimum atomic E-state index is -0.833. The van der Waals surface area contributed by atoms with Gasteiger partial charge in [-0.15, -0.1) is 0 Å². The Bertz CT molecular complexity index is 336. The highest BCUT2D eigenvalue weighted by Gasteiger charge is 2.15. The zero-order valence-electron chi connectivity index (χ0n) is 7.54. The molecular weight excluding hydrogens is 171 g/mol. The summed E-state index contributed by atoms with van der Waals surface area (Å²) in [4.78, 5) is 14.3. The highest BCUT2D eigenvalue weighted by molar-refractivity contribution is 5.91. The normalized spacial score (nSPS) is 10.5. The summed E-state index contributed by atoms with van der Waals surface area (Å²) >= 11 is 0. The van der Waals surface area contributed by atoms with Crippen molar-refractivity contribution < 1.29 is 9.18 Å². The van der Waals surface area contributed by atoms with Gasteiger partial charge in [0.1, 0.15) is 0 Å². The van der Waals surface area contributed by atoms with Crippen LogP contribution in [0.5, 0.6) is 0 Å². The highest BCUT2D eigenvalue weighted by atomic mass is 19.1. The number of carbonyl (C=O) groups excluding carboxylic acids is 1. The van der Waals surface area contributed by atoms with Crippen LogP contribution < -0.4 is 5.73 Å². The molecule has 0 atom stereocenters. The number of hydrogen-bond donors (Lipinski definition) is 1. The molecule has 1 aromatic heterocycles. The molecule has 0 fully saturated rings. The summed E-state index contributed by atoms with van der Waals surface area (Å²) in [6, 6.07) is 1.55. The molecule has 0 aliphatic carbocycles. The van der Waals surface area contributed by atoms with Crippen molar-refractivity contribution in [1.82, 2.24) is 4.98 Å². The lowest BCUT2D eigenvalue weighted by Crippen LogP contribution is -2.16. The number of nitrogens with zero attached hydrogens (tertiary/aromatic N) is 1. The Labute approximate surface area is 75.8 Å². The molecule has 1 rings (SSSR count). The minimum Gasteiger partial charge on any atom is -0.364 e. The van der Waals surface area contributed by atoms with E-state index in [1.807, 2.05) is 13.8 Å². The van der Waals surface area contributed by atoms with Gasteiger partial charge in [0.15, 0.2) is 11.5 Å². The second-order valence-corrected chi connectivity index (χ2v) is 3.08. The molecule has 1 amide bonds. The van der Waals surface area contributed by atoms with Crippen molar-refractivity contribution in [2.45, 2.75) is 19.8 Å². The van der Waals surface area contributed by atoms with E-state index in [4.69, 9.17) is 5.73 Å². The molecule has 0 unspecified atom stereocenters. The molecule has 0 spiro atoms. The van der Waals surface area contributed by atoms with E-state index in [9.17, 15) is 9.18 Å². The zero-order chi connectivity index (χ0) is 10.0. The summed E-state index contributed by atoms with van der Waals surface area (Å²) < 4.78 is 13.4. The SMILES string of the molecule is CC(C)c1ccnc(C(N)=O)c1F. The fourth-order valence-electron chi connectivity index (χ4n) is 1.08. The Hall–Kier alpha value is -1.45. The van der Waals surface area contributed by atoms with E-state index in [2.05, 4.69) is 4.98 Å². The van der Waals surface area contributed by atoms with Crippen molar-refractivity contribution >= 4 is 5.91 Å². The predicted octanol–water partition coefficient (Wildman–Crippen LogP) is 1.44. The smallest absolute Gasteiger partial charge is 0.270 e. The summed E-state index contributed by atoms with van der Waals surface area (Å²) in [6.45, 7) is 3.67. The molecule has 1 aromatic rings. The van der Waals surface area contributed by atoms with Crippen LogP contribution in [-0.2, 0) is 0 Å². The van der Waals surface area contributed by atoms with Gasteiger partial charge in [-0.3, -0.25) is 4.79 Å². The molecule has 0 aromatic carbocycles. The van der Waals surface area contributed by atoms with Gasteiger partial charge < -0.3 is 5.73 Å². The topological polar surface area (TPSA) is 56.0 Å². The molecule has 70 valence electrons. The molecule has 0 radical (unpaired) electrons. The average Bonchev–Trinajstić information content (AvgIpc) is 2.03. The summed E-state index contributed by atoms with van der Waals surface area (Å²) in [5.74, 6) is -1.42. The quantitative estimate of drug-likeness (QED) is 0.752. The van der Waals surface area contributed by atoms with E-state index in [-0.39, 0.29) is 11.6 Å². The molecule has 0 saturated carbocycles. The van der Waals surface area contributed by atoms with Gasteiger partial charge in [-0.25, -0.2) is 9.37 Å². The molecular formula is C9H11FN2O. The van der Waals surface area contributed by atoms with Gasteiger partial charge in [-0.2, -0.15) is 0 Å². The number of primary amides is 1. The first-order valence-corrected chi connectivity index (χ1v) is 3.98. The first-order valence-electron chi connectivity index (χ1n) is 3.98. The minimum absolute atomic E-state index is 0.0149. The van der Waals surface area contributed by atoms with Crippen LogP contribution in [0.1, 0.15) is 35.8 Å². The molecule has 4 heteroatoms. The van der Waals surface area contributed by atoms with Crippen molar-refractivity contribution in [2.24, 2.45) is 5.73 Å². The van der Waals surface area contributed by atoms with E-state index in [1.54, 1.807) is 6.07 Å². The summed E-state index contributed by atoms with van der Waals surface area (Å²) in [7, 11) is 0. The molecule has 0 saturated heterocycles. The van der Waals surface area contributed by atoms with Crippen molar-refractivity contribution in [3.63, 3.8) is 0 Å². The number of pyridine rings is 1. The monoisotopic (exact) mass is 182 g/mol. The lowest BCUT2D eigenvalue weighted by atomic mass is 10.0. The second kappa shape index (κ2) is 3.51. The molecule has 2 N–H and O–H groups in total. The van der Waals surface area contributed by atoms with Gasteiger partial charge in [0.25, 0.3) is 5.91 Å². The molecule has 3 nitrogen and oxygen atoms in total. The average molecular weight is 182 g/mol. The van der Waals surface area contributed by atoms with Gasteiger partial charge in [-0.1, -0.05) is 13.8 Å². The summed E-state index contributed by atoms with van der Waals surface area (Å²) in [5.41, 5.74) is 5.12. The third-order valence-corrected chi connectivity index (χ3v) is 1.77. The maximum absolute atomic E-state index is 13.4. The van der Waals surface area contributed by atoms with Crippen molar-refractivity contribution in [3.05, 3.63) is 29.3 Å². The van der Waals surface area contributed by atoms with Gasteiger partial charge in [0.2, 0.25) is 0 Å².